The van der Waals surface area contributed by atoms with Gasteiger partial charge in [0.2, 0.25) is 11.8 Å². The second-order valence-corrected chi connectivity index (χ2v) is 7.71. The Morgan fingerprint density at radius 1 is 1.27 bits per heavy atom. The van der Waals surface area contributed by atoms with Crippen molar-refractivity contribution < 1.29 is 9.59 Å². The minimum absolute atomic E-state index is 0.0559. The van der Waals surface area contributed by atoms with Gasteiger partial charge in [0.05, 0.1) is 18.0 Å². The van der Waals surface area contributed by atoms with E-state index in [1.807, 2.05) is 36.3 Å². The third-order valence-corrected chi connectivity index (χ3v) is 5.56. The van der Waals surface area contributed by atoms with E-state index in [-0.39, 0.29) is 23.7 Å². The minimum Gasteiger partial charge on any atom is -0.345 e. The van der Waals surface area contributed by atoms with Gasteiger partial charge in [-0.3, -0.25) is 14.3 Å². The number of carbonyl (C=O) groups is 2. The number of carbonyl (C=O) groups excluding carboxylic acids is 2. The van der Waals surface area contributed by atoms with Gasteiger partial charge < -0.3 is 15.1 Å². The second-order valence-electron chi connectivity index (χ2n) is 7.71. The molecule has 0 saturated carbocycles. The summed E-state index contributed by atoms with van der Waals surface area (Å²) in [4.78, 5) is 29.2. The number of nitrogens with one attached hydrogen (secondary N) is 1. The standard InChI is InChI=1S/C19H31N5O2/c1-22(7-5-6-15-11-21-23(2)14-15)18(25)16-10-17(13-20-12-16)19(26)24-8-3-4-9-24/h11,14,16-17,20H,3-10,12-13H2,1-2H3/t16-,17+/m1/s1. The zero-order valence-corrected chi connectivity index (χ0v) is 16.0. The van der Waals surface area contributed by atoms with Crippen LogP contribution < -0.4 is 5.32 Å². The highest BCUT2D eigenvalue weighted by atomic mass is 16.2. The normalized spacial score (nSPS) is 23.2. The number of hydrogen-bond acceptors (Lipinski definition) is 4. The van der Waals surface area contributed by atoms with Crippen LogP contribution in [0.25, 0.3) is 0 Å². The van der Waals surface area contributed by atoms with Crippen LogP contribution in [0.5, 0.6) is 0 Å². The number of hydrogen-bond donors (Lipinski definition) is 1. The van der Waals surface area contributed by atoms with Gasteiger partial charge in [0.1, 0.15) is 0 Å². The fourth-order valence-electron chi connectivity index (χ4n) is 4.06. The smallest absolute Gasteiger partial charge is 0.226 e. The Kier molecular flexibility index (Phi) is 6.29. The topological polar surface area (TPSA) is 70.5 Å². The first-order valence-electron chi connectivity index (χ1n) is 9.76. The van der Waals surface area contributed by atoms with Crippen LogP contribution in [-0.4, -0.2) is 71.2 Å². The van der Waals surface area contributed by atoms with Crippen LogP contribution in [0.1, 0.15) is 31.2 Å². The Labute approximate surface area is 155 Å². The van der Waals surface area contributed by atoms with Crippen LogP contribution in [0.3, 0.4) is 0 Å². The van der Waals surface area contributed by atoms with E-state index >= 15 is 0 Å². The van der Waals surface area contributed by atoms with Crippen LogP contribution in [0.4, 0.5) is 0 Å². The maximum atomic E-state index is 12.8. The molecule has 144 valence electrons. The number of amides is 2. The van der Waals surface area contributed by atoms with E-state index in [9.17, 15) is 9.59 Å². The summed E-state index contributed by atoms with van der Waals surface area (Å²) < 4.78 is 1.80. The van der Waals surface area contributed by atoms with Crippen molar-refractivity contribution >= 4 is 11.8 Å². The Hall–Kier alpha value is -1.89. The van der Waals surface area contributed by atoms with Crippen LogP contribution in [-0.2, 0) is 23.1 Å². The van der Waals surface area contributed by atoms with E-state index in [2.05, 4.69) is 10.4 Å². The molecule has 2 fully saturated rings. The molecule has 0 spiro atoms. The molecule has 2 saturated heterocycles. The Morgan fingerprint density at radius 2 is 2.00 bits per heavy atom. The molecule has 3 rings (SSSR count). The molecule has 1 aromatic rings. The average molecular weight is 361 g/mol. The van der Waals surface area contributed by atoms with E-state index in [0.29, 0.717) is 19.5 Å². The molecule has 1 N–H and O–H groups in total. The molecule has 0 aliphatic carbocycles. The van der Waals surface area contributed by atoms with E-state index < -0.39 is 0 Å². The average Bonchev–Trinajstić information content (AvgIpc) is 3.32. The van der Waals surface area contributed by atoms with Gasteiger partial charge in [-0.15, -0.1) is 0 Å². The Bertz CT molecular complexity index is 623. The summed E-state index contributed by atoms with van der Waals surface area (Å²) in [7, 11) is 3.78. The maximum Gasteiger partial charge on any atom is 0.226 e. The van der Waals surface area contributed by atoms with Gasteiger partial charge in [-0.05, 0) is 37.7 Å². The predicted octanol–water partition coefficient (Wildman–Crippen LogP) is 0.659. The van der Waals surface area contributed by atoms with Crippen molar-refractivity contribution in [2.75, 3.05) is 39.8 Å². The molecule has 2 amide bonds. The van der Waals surface area contributed by atoms with Crippen molar-refractivity contribution in [1.29, 1.82) is 0 Å². The zero-order chi connectivity index (χ0) is 18.5. The first kappa shape index (κ1) is 18.9. The highest BCUT2D eigenvalue weighted by Crippen LogP contribution is 2.22. The summed E-state index contributed by atoms with van der Waals surface area (Å²) >= 11 is 0. The van der Waals surface area contributed by atoms with E-state index in [0.717, 1.165) is 45.3 Å². The summed E-state index contributed by atoms with van der Waals surface area (Å²) in [5.74, 6) is 0.234. The van der Waals surface area contributed by atoms with Gasteiger partial charge in [-0.25, -0.2) is 0 Å². The molecule has 2 aliphatic rings. The van der Waals surface area contributed by atoms with Gasteiger partial charge in [0, 0.05) is 53.0 Å². The lowest BCUT2D eigenvalue weighted by Gasteiger charge is -2.33. The van der Waals surface area contributed by atoms with Gasteiger partial charge in [-0.1, -0.05) is 0 Å². The molecule has 0 unspecified atom stereocenters. The summed E-state index contributed by atoms with van der Waals surface area (Å²) in [5.41, 5.74) is 1.20. The van der Waals surface area contributed by atoms with Crippen LogP contribution in [0.15, 0.2) is 12.4 Å². The van der Waals surface area contributed by atoms with Gasteiger partial charge in [0.25, 0.3) is 0 Å². The van der Waals surface area contributed by atoms with Crippen molar-refractivity contribution in [1.82, 2.24) is 24.9 Å². The molecule has 26 heavy (non-hydrogen) atoms. The third kappa shape index (κ3) is 4.63. The lowest BCUT2D eigenvalue weighted by atomic mass is 9.88. The number of piperidine rings is 1. The molecule has 2 aliphatic heterocycles. The number of aryl methyl sites for hydroxylation is 2. The van der Waals surface area contributed by atoms with Crippen LogP contribution in [0.2, 0.25) is 0 Å². The largest absolute Gasteiger partial charge is 0.345 e. The van der Waals surface area contributed by atoms with E-state index in [1.165, 1.54) is 5.56 Å². The molecule has 2 atom stereocenters. The quantitative estimate of drug-likeness (QED) is 0.808. The lowest BCUT2D eigenvalue weighted by Crippen LogP contribution is -2.49. The van der Waals surface area contributed by atoms with Crippen LogP contribution >= 0.6 is 0 Å². The molecule has 7 heteroatoms. The SMILES string of the molecule is CN(CCCc1cnn(C)c1)C(=O)[C@H]1CNC[C@@H](C(=O)N2CCCC2)C1. The van der Waals surface area contributed by atoms with Crippen molar-refractivity contribution in [3.05, 3.63) is 18.0 Å². The van der Waals surface area contributed by atoms with Crippen molar-refractivity contribution in [3.8, 4) is 0 Å². The summed E-state index contributed by atoms with van der Waals surface area (Å²) in [5, 5.41) is 7.48. The highest BCUT2D eigenvalue weighted by Gasteiger charge is 2.34. The number of nitrogens with zero attached hydrogens (tertiary/aromatic N) is 4. The lowest BCUT2D eigenvalue weighted by molar-refractivity contribution is -0.139. The first-order valence-corrected chi connectivity index (χ1v) is 9.76. The summed E-state index contributed by atoms with van der Waals surface area (Å²) in [6, 6.07) is 0. The van der Waals surface area contributed by atoms with Gasteiger partial charge >= 0.3 is 0 Å². The zero-order valence-electron chi connectivity index (χ0n) is 16.0. The van der Waals surface area contributed by atoms with Crippen LogP contribution in [0, 0.1) is 11.8 Å². The monoisotopic (exact) mass is 361 g/mol. The fourth-order valence-corrected chi connectivity index (χ4v) is 4.06. The van der Waals surface area contributed by atoms with Gasteiger partial charge in [0.15, 0.2) is 0 Å². The van der Waals surface area contributed by atoms with E-state index in [1.54, 1.807) is 4.68 Å². The maximum absolute atomic E-state index is 12.8. The van der Waals surface area contributed by atoms with Crippen molar-refractivity contribution in [3.63, 3.8) is 0 Å². The second kappa shape index (κ2) is 8.66. The number of aromatic nitrogens is 2. The Balaban J connectivity index is 1.45. The van der Waals surface area contributed by atoms with E-state index in [4.69, 9.17) is 0 Å². The molecule has 7 nitrogen and oxygen atoms in total. The molecule has 0 bridgehead atoms. The fraction of sp³-hybridized carbons (Fsp3) is 0.737. The molecule has 1 aromatic heterocycles. The molecule has 0 aromatic carbocycles. The summed E-state index contributed by atoms with van der Waals surface area (Å²) in [6.07, 6.45) is 8.62. The van der Waals surface area contributed by atoms with Crippen molar-refractivity contribution in [2.24, 2.45) is 18.9 Å². The molecular weight excluding hydrogens is 330 g/mol. The third-order valence-electron chi connectivity index (χ3n) is 5.56. The Morgan fingerprint density at radius 3 is 2.69 bits per heavy atom. The molecular formula is C19H31N5O2. The molecule has 0 radical (unpaired) electrons. The summed E-state index contributed by atoms with van der Waals surface area (Å²) in [6.45, 7) is 3.86. The van der Waals surface area contributed by atoms with Crippen molar-refractivity contribution in [2.45, 2.75) is 32.1 Å². The molecule has 3 heterocycles. The highest BCUT2D eigenvalue weighted by molar-refractivity contribution is 5.83. The minimum atomic E-state index is -0.0938. The van der Waals surface area contributed by atoms with Gasteiger partial charge in [-0.2, -0.15) is 5.10 Å². The number of likely N-dealkylation sites (tertiary alicyclic amines) is 1. The first-order chi connectivity index (χ1) is 12.5. The predicted molar refractivity (Wildman–Crippen MR) is 99.4 cm³/mol. The number of rotatable bonds is 6.